The Morgan fingerprint density at radius 1 is 0.935 bits per heavy atom. The van der Waals surface area contributed by atoms with Crippen LogP contribution in [0.4, 0.5) is 0 Å². The zero-order valence-corrected chi connectivity index (χ0v) is 28.1. The Hall–Kier alpha value is -4.01. The lowest BCUT2D eigenvalue weighted by atomic mass is 9.81. The van der Waals surface area contributed by atoms with Crippen LogP contribution in [-0.4, -0.2) is 41.5 Å². The van der Waals surface area contributed by atoms with Gasteiger partial charge in [-0.05, 0) is 66.5 Å². The molecule has 46 heavy (non-hydrogen) atoms. The van der Waals surface area contributed by atoms with Crippen LogP contribution in [0.5, 0.6) is 0 Å². The number of esters is 2. The third-order valence-electron chi connectivity index (χ3n) is 8.61. The monoisotopic (exact) mass is 640 g/mol. The van der Waals surface area contributed by atoms with Crippen molar-refractivity contribution in [1.29, 1.82) is 0 Å². The second-order valence-corrected chi connectivity index (χ2v) is 11.9. The number of aromatic nitrogens is 2. The van der Waals surface area contributed by atoms with Crippen LogP contribution in [0.3, 0.4) is 0 Å². The first-order valence-electron chi connectivity index (χ1n) is 16.3. The summed E-state index contributed by atoms with van der Waals surface area (Å²) >= 11 is 1.37. The molecule has 0 aliphatic heterocycles. The normalized spacial score (nSPS) is 13.4. The molecule has 1 aliphatic carbocycles. The molecule has 0 saturated heterocycles. The minimum absolute atomic E-state index is 0.211. The fourth-order valence-electron chi connectivity index (χ4n) is 6.58. The van der Waals surface area contributed by atoms with Crippen molar-refractivity contribution in [2.24, 2.45) is 0 Å². The van der Waals surface area contributed by atoms with E-state index in [0.29, 0.717) is 30.3 Å². The molecular weight excluding hydrogens is 596 g/mol. The van der Waals surface area contributed by atoms with Gasteiger partial charge in [0.2, 0.25) is 0 Å². The summed E-state index contributed by atoms with van der Waals surface area (Å²) in [7, 11) is 1.42. The maximum atomic E-state index is 13.2. The Kier molecular flexibility index (Phi) is 11.6. The molecule has 2 heterocycles. The Morgan fingerprint density at radius 3 is 2.46 bits per heavy atom. The average Bonchev–Trinajstić information content (AvgIpc) is 3.70. The topological polar surface area (TPSA) is 82.6 Å². The number of carbonyl (C=O) groups excluding carboxylic acids is 2. The fourth-order valence-corrected chi connectivity index (χ4v) is 6.86. The number of nitrogens with zero attached hydrogens (tertiary/aromatic N) is 1. The van der Waals surface area contributed by atoms with Crippen LogP contribution in [0.1, 0.15) is 90.3 Å². The van der Waals surface area contributed by atoms with Crippen LogP contribution in [0, 0.1) is 0 Å². The number of ether oxygens (including phenoxy) is 2. The second kappa shape index (κ2) is 16.0. The van der Waals surface area contributed by atoms with Crippen LogP contribution < -0.4 is 0 Å². The molecule has 5 aromatic rings. The number of hydrogen-bond acceptors (Lipinski definition) is 6. The molecule has 0 atom stereocenters. The lowest BCUT2D eigenvalue weighted by Gasteiger charge is -2.24. The third-order valence-corrected chi connectivity index (χ3v) is 9.01. The van der Waals surface area contributed by atoms with E-state index in [-0.39, 0.29) is 18.5 Å². The molecular formula is C38H44N2O5S. The van der Waals surface area contributed by atoms with Gasteiger partial charge in [0.15, 0.2) is 0 Å². The molecule has 0 amide bonds. The number of nitrogens with one attached hydrogen (secondary N) is 1. The highest BCUT2D eigenvalue weighted by molar-refractivity contribution is 7.93. The maximum Gasteiger partial charge on any atom is 0.355 e. The molecule has 1 fully saturated rings. The van der Waals surface area contributed by atoms with E-state index < -0.39 is 0 Å². The van der Waals surface area contributed by atoms with Gasteiger partial charge in [-0.2, -0.15) is 0 Å². The number of para-hydroxylation sites is 1. The van der Waals surface area contributed by atoms with Gasteiger partial charge in [-0.3, -0.25) is 0 Å². The van der Waals surface area contributed by atoms with E-state index in [9.17, 15) is 9.59 Å². The third kappa shape index (κ3) is 7.18. The van der Waals surface area contributed by atoms with E-state index in [1.807, 2.05) is 80.8 Å². The molecule has 8 heteroatoms. The Balaban J connectivity index is 0.00000204. The average molecular weight is 641 g/mol. The summed E-state index contributed by atoms with van der Waals surface area (Å²) < 4.78 is 18.7. The van der Waals surface area contributed by atoms with E-state index in [0.717, 1.165) is 57.9 Å². The summed E-state index contributed by atoms with van der Waals surface area (Å²) in [6, 6.07) is 23.7. The van der Waals surface area contributed by atoms with Crippen LogP contribution in [0.25, 0.3) is 33.1 Å². The Bertz CT molecular complexity index is 1770. The van der Waals surface area contributed by atoms with Crippen molar-refractivity contribution in [2.45, 2.75) is 71.4 Å². The standard InChI is InChI=1S/C36H38N2O5S.C2H6/c1-41-35(39)27-17-18-28-31(22-27)38(19-10-20-43-44-2)34(32(28)25-13-7-4-8-14-25)29-16-9-15-26-21-30(37-33(26)29)36(40)42-23-24-11-5-3-6-12-24;1-2/h3,5-6,9,11-12,15-18,21-22,25,37H,4,7-8,10,13-14,19-20,23H2,1-2H3;1-2H3. The van der Waals surface area contributed by atoms with Crippen molar-refractivity contribution in [3.05, 3.63) is 95.2 Å². The SMILES string of the molecule is CC.COC(=O)c1ccc2c(C3CCCCC3)c(-c3cccc4cc(C(=O)OCc5ccccc5)[nH]c34)n(CCCOSC)c2c1. The van der Waals surface area contributed by atoms with Gasteiger partial charge in [0.1, 0.15) is 12.3 Å². The summed E-state index contributed by atoms with van der Waals surface area (Å²) in [5.74, 6) is -0.341. The number of hydrogen-bond donors (Lipinski definition) is 1. The molecule has 2 aromatic heterocycles. The molecule has 0 radical (unpaired) electrons. The number of rotatable bonds is 11. The van der Waals surface area contributed by atoms with Crippen molar-refractivity contribution >= 4 is 45.8 Å². The number of methoxy groups -OCH3 is 1. The van der Waals surface area contributed by atoms with E-state index in [1.165, 1.54) is 44.0 Å². The zero-order valence-electron chi connectivity index (χ0n) is 27.3. The highest BCUT2D eigenvalue weighted by Crippen LogP contribution is 2.46. The number of aryl methyl sites for hydroxylation is 1. The molecule has 1 N–H and O–H groups in total. The van der Waals surface area contributed by atoms with E-state index in [2.05, 4.69) is 21.7 Å². The molecule has 6 rings (SSSR count). The summed E-state index contributed by atoms with van der Waals surface area (Å²) in [5.41, 5.74) is 7.29. The summed E-state index contributed by atoms with van der Waals surface area (Å²) in [4.78, 5) is 29.2. The molecule has 3 aromatic carbocycles. The lowest BCUT2D eigenvalue weighted by molar-refractivity contribution is 0.0466. The summed E-state index contributed by atoms with van der Waals surface area (Å²) in [6.07, 6.45) is 8.63. The molecule has 242 valence electrons. The highest BCUT2D eigenvalue weighted by Gasteiger charge is 2.28. The van der Waals surface area contributed by atoms with E-state index in [1.54, 1.807) is 0 Å². The molecule has 1 saturated carbocycles. The predicted octanol–water partition coefficient (Wildman–Crippen LogP) is 9.69. The van der Waals surface area contributed by atoms with E-state index in [4.69, 9.17) is 13.7 Å². The molecule has 0 bridgehead atoms. The smallest absolute Gasteiger partial charge is 0.355 e. The Morgan fingerprint density at radius 2 is 1.72 bits per heavy atom. The number of H-pyrrole nitrogens is 1. The van der Waals surface area contributed by atoms with Crippen LogP contribution in [0.2, 0.25) is 0 Å². The van der Waals surface area contributed by atoms with Gasteiger partial charge in [-0.15, -0.1) is 0 Å². The number of aromatic amines is 1. The van der Waals surface area contributed by atoms with Gasteiger partial charge >= 0.3 is 11.9 Å². The first kappa shape index (κ1) is 33.4. The number of benzene rings is 3. The van der Waals surface area contributed by atoms with Crippen molar-refractivity contribution in [3.8, 4) is 11.3 Å². The van der Waals surface area contributed by atoms with E-state index >= 15 is 0 Å². The van der Waals surface area contributed by atoms with Gasteiger partial charge in [0.25, 0.3) is 0 Å². The second-order valence-electron chi connectivity index (χ2n) is 11.3. The van der Waals surface area contributed by atoms with Crippen LogP contribution in [0.15, 0.2) is 72.8 Å². The summed E-state index contributed by atoms with van der Waals surface area (Å²) in [5, 5.41) is 2.11. The first-order valence-corrected chi connectivity index (χ1v) is 17.5. The largest absolute Gasteiger partial charge is 0.465 e. The van der Waals surface area contributed by atoms with Crippen molar-refractivity contribution in [2.75, 3.05) is 20.0 Å². The maximum absolute atomic E-state index is 13.2. The first-order chi connectivity index (χ1) is 22.6. The highest BCUT2D eigenvalue weighted by atomic mass is 32.2. The quantitative estimate of drug-likeness (QED) is 0.0879. The van der Waals surface area contributed by atoms with Crippen molar-refractivity contribution < 1.29 is 23.2 Å². The van der Waals surface area contributed by atoms with Crippen LogP contribution in [-0.2, 0) is 26.8 Å². The lowest BCUT2D eigenvalue weighted by Crippen LogP contribution is -2.08. The molecule has 1 aliphatic rings. The number of fused-ring (bicyclic) bond motifs is 2. The fraction of sp³-hybridized carbons (Fsp3) is 0.368. The zero-order chi connectivity index (χ0) is 32.5. The summed E-state index contributed by atoms with van der Waals surface area (Å²) in [6.45, 7) is 5.54. The van der Waals surface area contributed by atoms with Crippen LogP contribution >= 0.6 is 12.0 Å². The molecule has 7 nitrogen and oxygen atoms in total. The van der Waals surface area contributed by atoms with Gasteiger partial charge < -0.3 is 23.2 Å². The number of carbonyl (C=O) groups is 2. The minimum atomic E-state index is -0.388. The Labute approximate surface area is 275 Å². The molecule has 0 unspecified atom stereocenters. The predicted molar refractivity (Wildman–Crippen MR) is 187 cm³/mol. The van der Waals surface area contributed by atoms with Gasteiger partial charge in [0.05, 0.1) is 30.5 Å². The van der Waals surface area contributed by atoms with Gasteiger partial charge in [-0.25, -0.2) is 9.59 Å². The van der Waals surface area contributed by atoms with Crippen molar-refractivity contribution in [3.63, 3.8) is 0 Å². The van der Waals surface area contributed by atoms with Crippen molar-refractivity contribution in [1.82, 2.24) is 9.55 Å². The minimum Gasteiger partial charge on any atom is -0.465 e. The van der Waals surface area contributed by atoms with Gasteiger partial charge in [-0.1, -0.05) is 87.7 Å². The van der Waals surface area contributed by atoms with Gasteiger partial charge in [0, 0.05) is 34.7 Å². The molecule has 0 spiro atoms.